The summed E-state index contributed by atoms with van der Waals surface area (Å²) in [6.45, 7) is 0.818. The molecule has 0 amide bonds. The summed E-state index contributed by atoms with van der Waals surface area (Å²) in [4.78, 5) is 10.0. The van der Waals surface area contributed by atoms with Gasteiger partial charge in [-0.05, 0) is 19.4 Å². The molecule has 0 aromatic rings. The zero-order valence-corrected chi connectivity index (χ0v) is 4.52. The Morgan fingerprint density at radius 3 is 2.75 bits per heavy atom. The minimum Gasteiger partial charge on any atom is -0.548 e. The van der Waals surface area contributed by atoms with Crippen molar-refractivity contribution < 1.29 is 9.90 Å². The summed E-state index contributed by atoms with van der Waals surface area (Å²) < 4.78 is 0. The van der Waals surface area contributed by atoms with Crippen LogP contribution in [-0.4, -0.2) is 18.6 Å². The Balaban J connectivity index is 2.35. The number of rotatable bonds is 1. The second-order valence-corrected chi connectivity index (χ2v) is 1.97. The molecule has 46 valence electrons. The van der Waals surface area contributed by atoms with Gasteiger partial charge in [0.25, 0.3) is 0 Å². The molecule has 1 aliphatic heterocycles. The smallest absolute Gasteiger partial charge is 0.0584 e. The van der Waals surface area contributed by atoms with Gasteiger partial charge in [-0.1, -0.05) is 0 Å². The van der Waals surface area contributed by atoms with Crippen LogP contribution in [0.15, 0.2) is 0 Å². The van der Waals surface area contributed by atoms with Gasteiger partial charge in [-0.3, -0.25) is 0 Å². The highest BCUT2D eigenvalue weighted by Gasteiger charge is 2.13. The van der Waals surface area contributed by atoms with E-state index in [1.807, 2.05) is 0 Å². The molecule has 0 spiro atoms. The average molecular weight is 114 g/mol. The first-order chi connectivity index (χ1) is 3.80. The third-order valence-corrected chi connectivity index (χ3v) is 1.34. The molecule has 0 radical (unpaired) electrons. The Bertz CT molecular complexity index is 96.6. The zero-order chi connectivity index (χ0) is 5.98. The normalized spacial score (nSPS) is 28.2. The lowest BCUT2D eigenvalue weighted by atomic mass is 10.2. The fourth-order valence-electron chi connectivity index (χ4n) is 0.886. The van der Waals surface area contributed by atoms with Crippen molar-refractivity contribution in [1.29, 1.82) is 0 Å². The van der Waals surface area contributed by atoms with E-state index >= 15 is 0 Å². The zero-order valence-electron chi connectivity index (χ0n) is 4.52. The Kier molecular flexibility index (Phi) is 1.48. The SMILES string of the molecule is O=C([O-])[C@H]1CCCN1. The summed E-state index contributed by atoms with van der Waals surface area (Å²) >= 11 is 0. The molecule has 0 saturated carbocycles. The van der Waals surface area contributed by atoms with Gasteiger partial charge < -0.3 is 15.2 Å². The summed E-state index contributed by atoms with van der Waals surface area (Å²) in [7, 11) is 0. The molecule has 0 unspecified atom stereocenters. The molecule has 1 atom stereocenters. The first-order valence-electron chi connectivity index (χ1n) is 2.75. The van der Waals surface area contributed by atoms with E-state index in [0.29, 0.717) is 0 Å². The van der Waals surface area contributed by atoms with E-state index in [4.69, 9.17) is 0 Å². The molecular weight excluding hydrogens is 106 g/mol. The fraction of sp³-hybridized carbons (Fsp3) is 0.800. The quantitative estimate of drug-likeness (QED) is 0.451. The predicted octanol–water partition coefficient (Wildman–Crippen LogP) is -1.51. The van der Waals surface area contributed by atoms with Crippen LogP contribution in [-0.2, 0) is 4.79 Å². The van der Waals surface area contributed by atoms with Gasteiger partial charge >= 0.3 is 0 Å². The topological polar surface area (TPSA) is 52.2 Å². The molecule has 1 N–H and O–H groups in total. The van der Waals surface area contributed by atoms with Gasteiger partial charge in [0, 0.05) is 6.04 Å². The van der Waals surface area contributed by atoms with Crippen molar-refractivity contribution in [3.63, 3.8) is 0 Å². The van der Waals surface area contributed by atoms with Crippen molar-refractivity contribution in [3.8, 4) is 0 Å². The largest absolute Gasteiger partial charge is 0.548 e. The summed E-state index contributed by atoms with van der Waals surface area (Å²) in [6, 6.07) is -0.380. The van der Waals surface area contributed by atoms with Crippen molar-refractivity contribution in [3.05, 3.63) is 0 Å². The molecule has 1 heterocycles. The van der Waals surface area contributed by atoms with Gasteiger partial charge in [-0.15, -0.1) is 0 Å². The molecule has 3 nitrogen and oxygen atoms in total. The molecule has 1 rings (SSSR count). The summed E-state index contributed by atoms with van der Waals surface area (Å²) in [5.74, 6) is -0.970. The molecule has 1 aliphatic rings. The highest BCUT2D eigenvalue weighted by molar-refractivity contribution is 5.71. The van der Waals surface area contributed by atoms with Crippen molar-refractivity contribution in [2.75, 3.05) is 6.54 Å². The van der Waals surface area contributed by atoms with Gasteiger partial charge in [-0.25, -0.2) is 0 Å². The minimum atomic E-state index is -0.970. The van der Waals surface area contributed by atoms with Crippen molar-refractivity contribution in [2.45, 2.75) is 18.9 Å². The molecule has 8 heavy (non-hydrogen) atoms. The van der Waals surface area contributed by atoms with Gasteiger partial charge in [0.2, 0.25) is 0 Å². The highest BCUT2D eigenvalue weighted by Crippen LogP contribution is 2.02. The van der Waals surface area contributed by atoms with E-state index < -0.39 is 5.97 Å². The molecule has 1 fully saturated rings. The number of carboxylic acids is 1. The third kappa shape index (κ3) is 0.980. The lowest BCUT2D eigenvalue weighted by molar-refractivity contribution is -0.308. The lowest BCUT2D eigenvalue weighted by Crippen LogP contribution is -2.41. The Hall–Kier alpha value is -0.570. The summed E-state index contributed by atoms with van der Waals surface area (Å²) in [5, 5.41) is 12.8. The fourth-order valence-corrected chi connectivity index (χ4v) is 0.886. The maximum Gasteiger partial charge on any atom is 0.0584 e. The molecule has 3 heteroatoms. The number of nitrogens with one attached hydrogen (secondary N) is 1. The molecule has 0 bridgehead atoms. The van der Waals surface area contributed by atoms with E-state index in [0.717, 1.165) is 19.4 Å². The van der Waals surface area contributed by atoms with Crippen LogP contribution in [0, 0.1) is 0 Å². The van der Waals surface area contributed by atoms with Crippen LogP contribution in [0.2, 0.25) is 0 Å². The predicted molar refractivity (Wildman–Crippen MR) is 26.0 cm³/mol. The van der Waals surface area contributed by atoms with Crippen LogP contribution in [0.4, 0.5) is 0 Å². The minimum absolute atomic E-state index is 0.380. The van der Waals surface area contributed by atoms with Crippen molar-refractivity contribution in [2.24, 2.45) is 0 Å². The number of carbonyl (C=O) groups is 1. The maximum atomic E-state index is 10.0. The van der Waals surface area contributed by atoms with Crippen LogP contribution in [0.25, 0.3) is 0 Å². The number of hydrogen-bond acceptors (Lipinski definition) is 3. The van der Waals surface area contributed by atoms with Crippen LogP contribution >= 0.6 is 0 Å². The third-order valence-electron chi connectivity index (χ3n) is 1.34. The van der Waals surface area contributed by atoms with Crippen molar-refractivity contribution >= 4 is 5.97 Å². The van der Waals surface area contributed by atoms with Gasteiger partial charge in [0.1, 0.15) is 0 Å². The van der Waals surface area contributed by atoms with Crippen molar-refractivity contribution in [1.82, 2.24) is 5.32 Å². The first kappa shape index (κ1) is 5.56. The van der Waals surface area contributed by atoms with Gasteiger partial charge in [0.05, 0.1) is 5.97 Å². The molecule has 0 aliphatic carbocycles. The average Bonchev–Trinajstić information content (AvgIpc) is 2.12. The van der Waals surface area contributed by atoms with Crippen LogP contribution in [0.5, 0.6) is 0 Å². The highest BCUT2D eigenvalue weighted by atomic mass is 16.4. The summed E-state index contributed by atoms with van der Waals surface area (Å²) in [6.07, 6.45) is 1.68. The van der Waals surface area contributed by atoms with Crippen LogP contribution in [0.3, 0.4) is 0 Å². The van der Waals surface area contributed by atoms with Crippen LogP contribution < -0.4 is 10.4 Å². The number of hydrogen-bond donors (Lipinski definition) is 1. The number of carbonyl (C=O) groups excluding carboxylic acids is 1. The first-order valence-corrected chi connectivity index (χ1v) is 2.75. The Morgan fingerprint density at radius 2 is 2.50 bits per heavy atom. The number of carboxylic acid groups (broad SMARTS) is 1. The Morgan fingerprint density at radius 1 is 1.75 bits per heavy atom. The van der Waals surface area contributed by atoms with Gasteiger partial charge in [-0.2, -0.15) is 0 Å². The van der Waals surface area contributed by atoms with Crippen LogP contribution in [0.1, 0.15) is 12.8 Å². The molecule has 0 aromatic heterocycles. The van der Waals surface area contributed by atoms with Gasteiger partial charge in [0.15, 0.2) is 0 Å². The maximum absolute atomic E-state index is 10.0. The molecule has 1 saturated heterocycles. The van der Waals surface area contributed by atoms with E-state index in [1.54, 1.807) is 0 Å². The second-order valence-electron chi connectivity index (χ2n) is 1.97. The van der Waals surface area contributed by atoms with E-state index in [9.17, 15) is 9.90 Å². The van der Waals surface area contributed by atoms with E-state index in [1.165, 1.54) is 0 Å². The molecular formula is C5H8NO2-. The number of aliphatic carboxylic acids is 1. The molecule has 0 aromatic carbocycles. The Labute approximate surface area is 47.7 Å². The standard InChI is InChI=1S/C5H9NO2/c7-5(8)4-2-1-3-6-4/h4,6H,1-3H2,(H,7,8)/p-1/t4-/m1/s1. The monoisotopic (exact) mass is 114 g/mol. The van der Waals surface area contributed by atoms with E-state index in [-0.39, 0.29) is 6.04 Å². The lowest BCUT2D eigenvalue weighted by Gasteiger charge is -2.08. The van der Waals surface area contributed by atoms with E-state index in [2.05, 4.69) is 5.32 Å². The second kappa shape index (κ2) is 2.13. The summed E-state index contributed by atoms with van der Waals surface area (Å²) in [5.41, 5.74) is 0.